The van der Waals surface area contributed by atoms with E-state index in [4.69, 9.17) is 9.97 Å². The van der Waals surface area contributed by atoms with E-state index in [1.165, 1.54) is 11.1 Å². The summed E-state index contributed by atoms with van der Waals surface area (Å²) in [4.78, 5) is 13.9. The molecular weight excluding hydrogens is 374 g/mol. The fraction of sp³-hybridized carbons (Fsp3) is 0.348. The highest BCUT2D eigenvalue weighted by Gasteiger charge is 2.25. The Morgan fingerprint density at radius 1 is 0.933 bits per heavy atom. The summed E-state index contributed by atoms with van der Waals surface area (Å²) in [6.45, 7) is 2.72. The molecule has 2 atom stereocenters. The van der Waals surface area contributed by atoms with Gasteiger partial charge in [0.1, 0.15) is 5.82 Å². The molecule has 0 radical (unpaired) electrons. The number of pyridine rings is 1. The van der Waals surface area contributed by atoms with Crippen LogP contribution in [0.5, 0.6) is 0 Å². The lowest BCUT2D eigenvalue weighted by atomic mass is 10.0. The molecule has 154 valence electrons. The normalized spacial score (nSPS) is 21.1. The Kier molecular flexibility index (Phi) is 5.65. The number of fused-ring (bicyclic) bond motifs is 1. The summed E-state index contributed by atoms with van der Waals surface area (Å²) in [6.07, 6.45) is 6.47. The van der Waals surface area contributed by atoms with Crippen LogP contribution < -0.4 is 21.5 Å². The second-order valence-electron chi connectivity index (χ2n) is 7.87. The van der Waals surface area contributed by atoms with Gasteiger partial charge in [-0.1, -0.05) is 30.3 Å². The lowest BCUT2D eigenvalue weighted by Crippen LogP contribution is -2.35. The summed E-state index contributed by atoms with van der Waals surface area (Å²) in [6, 6.07) is 15.2. The molecule has 4 heterocycles. The Morgan fingerprint density at radius 3 is 2.63 bits per heavy atom. The number of hydrazine groups is 1. The third kappa shape index (κ3) is 4.18. The zero-order valence-electron chi connectivity index (χ0n) is 16.9. The van der Waals surface area contributed by atoms with Gasteiger partial charge in [-0.3, -0.25) is 10.4 Å². The number of aromatic nitrogens is 3. The van der Waals surface area contributed by atoms with Crippen molar-refractivity contribution in [2.24, 2.45) is 0 Å². The zero-order valence-corrected chi connectivity index (χ0v) is 16.9. The third-order valence-corrected chi connectivity index (χ3v) is 5.82. The van der Waals surface area contributed by atoms with Crippen molar-refractivity contribution >= 4 is 5.82 Å². The molecule has 0 bridgehead atoms. The van der Waals surface area contributed by atoms with Crippen molar-refractivity contribution in [2.45, 2.75) is 31.3 Å². The summed E-state index contributed by atoms with van der Waals surface area (Å²) < 4.78 is 0. The topological polar surface area (TPSA) is 86.8 Å². The second-order valence-corrected chi connectivity index (χ2v) is 7.87. The van der Waals surface area contributed by atoms with Crippen molar-refractivity contribution in [2.75, 3.05) is 25.0 Å². The minimum atomic E-state index is 0.328. The van der Waals surface area contributed by atoms with Crippen molar-refractivity contribution < 1.29 is 0 Å². The molecule has 0 saturated carbocycles. The number of rotatable bonds is 5. The minimum absolute atomic E-state index is 0.328. The molecule has 0 amide bonds. The van der Waals surface area contributed by atoms with Gasteiger partial charge >= 0.3 is 0 Å². The molecule has 5 rings (SSSR count). The Labute approximate surface area is 176 Å². The number of anilines is 1. The molecule has 30 heavy (non-hydrogen) atoms. The monoisotopic (exact) mass is 401 g/mol. The van der Waals surface area contributed by atoms with Crippen LogP contribution in [0.4, 0.5) is 5.82 Å². The molecule has 2 aromatic heterocycles. The van der Waals surface area contributed by atoms with Gasteiger partial charge in [0, 0.05) is 55.1 Å². The fourth-order valence-corrected chi connectivity index (χ4v) is 4.20. The van der Waals surface area contributed by atoms with E-state index < -0.39 is 0 Å². The first kappa shape index (κ1) is 19.1. The third-order valence-electron chi connectivity index (χ3n) is 5.82. The van der Waals surface area contributed by atoms with Gasteiger partial charge in [0.05, 0.1) is 5.69 Å². The number of nitrogens with one attached hydrogen (secondary N) is 4. The molecule has 1 fully saturated rings. The maximum Gasteiger partial charge on any atom is 0.161 e. The zero-order chi connectivity index (χ0) is 20.2. The predicted octanol–water partition coefficient (Wildman–Crippen LogP) is 2.25. The lowest BCUT2D eigenvalue weighted by Gasteiger charge is -2.17. The van der Waals surface area contributed by atoms with Crippen LogP contribution in [-0.4, -0.2) is 40.6 Å². The van der Waals surface area contributed by atoms with Crippen LogP contribution in [0.25, 0.3) is 11.4 Å². The number of nitrogens with zero attached hydrogens (tertiary/aromatic N) is 3. The van der Waals surface area contributed by atoms with Gasteiger partial charge < -0.3 is 10.6 Å². The first-order chi connectivity index (χ1) is 14.9. The van der Waals surface area contributed by atoms with E-state index >= 15 is 0 Å². The molecular formula is C23H27N7. The Hall–Kier alpha value is -2.87. The van der Waals surface area contributed by atoms with Gasteiger partial charge in [-0.25, -0.2) is 15.4 Å². The van der Waals surface area contributed by atoms with Crippen LogP contribution in [0.3, 0.4) is 0 Å². The first-order valence-electron chi connectivity index (χ1n) is 10.7. The molecule has 7 heteroatoms. The average molecular weight is 402 g/mol. The van der Waals surface area contributed by atoms with E-state index in [0.717, 1.165) is 61.8 Å². The quantitative estimate of drug-likeness (QED) is 0.522. The van der Waals surface area contributed by atoms with E-state index in [9.17, 15) is 0 Å². The van der Waals surface area contributed by atoms with Crippen molar-refractivity contribution in [3.05, 3.63) is 71.7 Å². The highest BCUT2D eigenvalue weighted by Crippen LogP contribution is 2.26. The van der Waals surface area contributed by atoms with Gasteiger partial charge in [-0.05, 0) is 37.1 Å². The summed E-state index contributed by atoms with van der Waals surface area (Å²) in [5.74, 6) is 1.72. The molecule has 2 aliphatic heterocycles. The van der Waals surface area contributed by atoms with Gasteiger partial charge in [0.15, 0.2) is 5.82 Å². The highest BCUT2D eigenvalue weighted by atomic mass is 15.4. The predicted molar refractivity (Wildman–Crippen MR) is 118 cm³/mol. The Morgan fingerprint density at radius 2 is 1.77 bits per heavy atom. The average Bonchev–Trinajstić information content (AvgIpc) is 3.15. The van der Waals surface area contributed by atoms with Crippen LogP contribution in [0.15, 0.2) is 54.9 Å². The van der Waals surface area contributed by atoms with Crippen LogP contribution >= 0.6 is 0 Å². The second kappa shape index (κ2) is 8.87. The van der Waals surface area contributed by atoms with Gasteiger partial charge in [0.25, 0.3) is 0 Å². The van der Waals surface area contributed by atoms with Gasteiger partial charge in [0.2, 0.25) is 0 Å². The highest BCUT2D eigenvalue weighted by molar-refractivity contribution is 5.59. The summed E-state index contributed by atoms with van der Waals surface area (Å²) in [5, 5.41) is 7.10. The molecule has 0 aliphatic carbocycles. The van der Waals surface area contributed by atoms with E-state index in [2.05, 4.69) is 56.8 Å². The van der Waals surface area contributed by atoms with E-state index in [1.807, 2.05) is 12.1 Å². The van der Waals surface area contributed by atoms with Gasteiger partial charge in [-0.15, -0.1) is 0 Å². The Balaban J connectivity index is 1.35. The van der Waals surface area contributed by atoms with Crippen LogP contribution in [-0.2, 0) is 12.8 Å². The molecule has 1 aromatic carbocycles. The number of hydrogen-bond acceptors (Lipinski definition) is 7. The van der Waals surface area contributed by atoms with Gasteiger partial charge in [-0.2, -0.15) is 0 Å². The largest absolute Gasteiger partial charge is 0.368 e. The molecule has 4 N–H and O–H groups in total. The van der Waals surface area contributed by atoms with Crippen molar-refractivity contribution in [1.82, 2.24) is 31.1 Å². The van der Waals surface area contributed by atoms with E-state index in [0.29, 0.717) is 12.1 Å². The fourth-order valence-electron chi connectivity index (χ4n) is 4.20. The molecule has 1 saturated heterocycles. The summed E-state index contributed by atoms with van der Waals surface area (Å²) >= 11 is 0. The smallest absolute Gasteiger partial charge is 0.161 e. The van der Waals surface area contributed by atoms with E-state index in [1.54, 1.807) is 12.4 Å². The minimum Gasteiger partial charge on any atom is -0.368 e. The van der Waals surface area contributed by atoms with Crippen molar-refractivity contribution in [1.29, 1.82) is 0 Å². The Bertz CT molecular complexity index is 978. The van der Waals surface area contributed by atoms with E-state index in [-0.39, 0.29) is 0 Å². The standard InChI is InChI=1S/C23H27N7/c1-2-4-16(5-3-1)21-14-18(29-30-21)15-26-23-19-8-12-25-13-9-20(19)27-22(28-23)17-6-10-24-11-7-17/h1-7,10-11,18,21,25,29-30H,8-9,12-15H2,(H,26,27,28). The molecule has 3 aromatic rings. The number of hydrogen-bond donors (Lipinski definition) is 4. The van der Waals surface area contributed by atoms with Crippen LogP contribution in [0, 0.1) is 0 Å². The van der Waals surface area contributed by atoms with Crippen molar-refractivity contribution in [3.63, 3.8) is 0 Å². The van der Waals surface area contributed by atoms with Crippen LogP contribution in [0.2, 0.25) is 0 Å². The van der Waals surface area contributed by atoms with Crippen LogP contribution in [0.1, 0.15) is 29.3 Å². The molecule has 2 unspecified atom stereocenters. The molecule has 2 aliphatic rings. The SMILES string of the molecule is c1ccc(C2CC(CNc3nc(-c4ccncc4)nc4c3CCNCC4)NN2)cc1. The maximum absolute atomic E-state index is 4.91. The van der Waals surface area contributed by atoms with Crippen molar-refractivity contribution in [3.8, 4) is 11.4 Å². The lowest BCUT2D eigenvalue weighted by molar-refractivity contribution is 0.552. The maximum atomic E-state index is 4.91. The molecule has 0 spiro atoms. The number of benzene rings is 1. The summed E-state index contributed by atoms with van der Waals surface area (Å²) in [7, 11) is 0. The summed E-state index contributed by atoms with van der Waals surface area (Å²) in [5.41, 5.74) is 11.6. The first-order valence-corrected chi connectivity index (χ1v) is 10.7. The molecule has 7 nitrogen and oxygen atoms in total.